The van der Waals surface area contributed by atoms with Crippen LogP contribution in [-0.2, 0) is 59.2 Å². The van der Waals surface area contributed by atoms with Gasteiger partial charge >= 0.3 is 5.97 Å². The molecule has 1 rings (SSSR count). The molecule has 0 aliphatic rings. The molecule has 0 saturated carbocycles. The number of hydrogen-bond acceptors (Lipinski definition) is 16. The van der Waals surface area contributed by atoms with Crippen LogP contribution in [0.4, 0.5) is 0 Å². The average molecular weight is 1120 g/mol. The first kappa shape index (κ1) is 69.4. The number of phenolic OH excluding ortho intramolecular Hbond substituents is 1. The Morgan fingerprint density at radius 3 is 1.54 bits per heavy atom. The number of aromatic hydroxyl groups is 1. The molecule has 1 aromatic rings. The molecule has 0 radical (unpaired) electrons. The van der Waals surface area contributed by atoms with Crippen LogP contribution in [0.15, 0.2) is 24.3 Å². The molecule has 26 nitrogen and oxygen atoms in total. The van der Waals surface area contributed by atoms with Crippen molar-refractivity contribution < 1.29 is 63.0 Å². The number of carboxylic acids is 1. The summed E-state index contributed by atoms with van der Waals surface area (Å²) < 4.78 is 0. The lowest BCUT2D eigenvalue weighted by Crippen LogP contribution is -2.61. The standard InChI is InChI=1S/C51H87N13O13S/c1-8-29(6)42(51(77)62-38(26-78)49(75)59-34(13-9-11-21-52)45(71)56-25-40(67)68)64-47(73)36(19-20-39(55)66)60-50(76)41(28(4)5)63-43(69)30(7)57-48(74)37(24-31-15-17-32(65)18-16-31)61-46(72)35(14-10-12-22-53)58-44(70)33(54)23-27(2)3/h15-18,27-30,33-38,41-42,65,78H,8-14,19-26,52-54H2,1-7H3,(H2,55,66)(H,56,71)(H,57,74)(H,58,70)(H,59,75)(H,60,76)(H,61,72)(H,62,77)(H,63,69)(H,64,73)(H,67,68)/t29-,30-,33-,34-,35-,36-,37-,38-,41-,42-/m0/s1. The minimum Gasteiger partial charge on any atom is -0.508 e. The fraction of sp³-hybridized carbons (Fsp3) is 0.667. The van der Waals surface area contributed by atoms with Gasteiger partial charge in [0.05, 0.1) is 6.04 Å². The fourth-order valence-corrected chi connectivity index (χ4v) is 8.00. The van der Waals surface area contributed by atoms with E-state index in [0.29, 0.717) is 57.2 Å². The number of thiol groups is 1. The van der Waals surface area contributed by atoms with Crippen LogP contribution in [0.5, 0.6) is 5.75 Å². The van der Waals surface area contributed by atoms with Gasteiger partial charge < -0.3 is 81.0 Å². The molecule has 27 heteroatoms. The highest BCUT2D eigenvalue weighted by atomic mass is 32.1. The second kappa shape index (κ2) is 36.5. The van der Waals surface area contributed by atoms with Gasteiger partial charge in [0.25, 0.3) is 0 Å². The lowest BCUT2D eigenvalue weighted by atomic mass is 9.96. The summed E-state index contributed by atoms with van der Waals surface area (Å²) in [4.78, 5) is 146. The highest BCUT2D eigenvalue weighted by molar-refractivity contribution is 7.80. The monoisotopic (exact) mass is 1120 g/mol. The summed E-state index contributed by atoms with van der Waals surface area (Å²) in [6.07, 6.45) is 1.99. The molecule has 78 heavy (non-hydrogen) atoms. The molecule has 1 aromatic carbocycles. The molecule has 19 N–H and O–H groups in total. The molecular formula is C51H87N13O13S. The van der Waals surface area contributed by atoms with Gasteiger partial charge in [0.1, 0.15) is 60.6 Å². The topological polar surface area (TPSA) is 441 Å². The zero-order valence-electron chi connectivity index (χ0n) is 46.0. The lowest BCUT2D eigenvalue weighted by Gasteiger charge is -2.30. The number of nitrogens with two attached hydrogens (primary N) is 4. The number of benzene rings is 1. The predicted octanol–water partition coefficient (Wildman–Crippen LogP) is -2.44. The average Bonchev–Trinajstić information content (AvgIpc) is 3.37. The number of nitrogens with one attached hydrogen (secondary N) is 9. The number of carboxylic acid groups (broad SMARTS) is 1. The summed E-state index contributed by atoms with van der Waals surface area (Å²) in [5, 5.41) is 41.9. The van der Waals surface area contributed by atoms with Crippen LogP contribution in [0.1, 0.15) is 118 Å². The molecule has 0 aliphatic heterocycles. The number of primary amides is 1. The van der Waals surface area contributed by atoms with E-state index in [1.807, 2.05) is 13.8 Å². The molecule has 0 fully saturated rings. The molecule has 440 valence electrons. The van der Waals surface area contributed by atoms with E-state index in [9.17, 15) is 57.8 Å². The van der Waals surface area contributed by atoms with E-state index in [0.717, 1.165) is 0 Å². The van der Waals surface area contributed by atoms with E-state index in [2.05, 4.69) is 60.5 Å². The van der Waals surface area contributed by atoms with E-state index < -0.39 is 144 Å². The number of phenols is 1. The zero-order valence-corrected chi connectivity index (χ0v) is 46.9. The third-order valence-corrected chi connectivity index (χ3v) is 12.9. The van der Waals surface area contributed by atoms with Crippen LogP contribution in [0, 0.1) is 17.8 Å². The Kier molecular flexibility index (Phi) is 32.5. The lowest BCUT2D eigenvalue weighted by molar-refractivity contribution is -0.138. The van der Waals surface area contributed by atoms with Gasteiger partial charge in [-0.1, -0.05) is 60.1 Å². The Morgan fingerprint density at radius 2 is 1.03 bits per heavy atom. The van der Waals surface area contributed by atoms with Crippen LogP contribution in [0.25, 0.3) is 0 Å². The van der Waals surface area contributed by atoms with Gasteiger partial charge in [-0.2, -0.15) is 12.6 Å². The summed E-state index contributed by atoms with van der Waals surface area (Å²) in [7, 11) is 0. The molecular weight excluding hydrogens is 1030 g/mol. The first-order chi connectivity index (χ1) is 36.7. The van der Waals surface area contributed by atoms with E-state index in [1.165, 1.54) is 31.2 Å². The quantitative estimate of drug-likeness (QED) is 0.0242. The van der Waals surface area contributed by atoms with Crippen molar-refractivity contribution in [2.24, 2.45) is 40.7 Å². The third kappa shape index (κ3) is 26.2. The third-order valence-electron chi connectivity index (χ3n) is 12.6. The van der Waals surface area contributed by atoms with Crippen LogP contribution < -0.4 is 70.8 Å². The number of aliphatic carboxylic acids is 1. The molecule has 10 amide bonds. The van der Waals surface area contributed by atoms with Crippen molar-refractivity contribution in [1.29, 1.82) is 0 Å². The van der Waals surface area contributed by atoms with E-state index >= 15 is 0 Å². The van der Waals surface area contributed by atoms with Gasteiger partial charge in [-0.25, -0.2) is 0 Å². The van der Waals surface area contributed by atoms with Crippen molar-refractivity contribution in [3.05, 3.63) is 29.8 Å². The van der Waals surface area contributed by atoms with Crippen molar-refractivity contribution in [3.63, 3.8) is 0 Å². The van der Waals surface area contributed by atoms with E-state index in [4.69, 9.17) is 28.0 Å². The van der Waals surface area contributed by atoms with Crippen molar-refractivity contribution in [2.75, 3.05) is 25.4 Å². The molecule has 10 atom stereocenters. The second-order valence-corrected chi connectivity index (χ2v) is 20.5. The van der Waals surface area contributed by atoms with Gasteiger partial charge in [0, 0.05) is 18.6 Å². The van der Waals surface area contributed by atoms with E-state index in [1.54, 1.807) is 27.7 Å². The molecule has 0 saturated heterocycles. The Bertz CT molecular complexity index is 2150. The number of unbranched alkanes of at least 4 members (excludes halogenated alkanes) is 2. The smallest absolute Gasteiger partial charge is 0.322 e. The number of carbonyl (C=O) groups excluding carboxylic acids is 10. The maximum Gasteiger partial charge on any atom is 0.322 e. The second-order valence-electron chi connectivity index (χ2n) is 20.1. The minimum absolute atomic E-state index is 0.0508. The summed E-state index contributed by atoms with van der Waals surface area (Å²) in [5.41, 5.74) is 23.3. The van der Waals surface area contributed by atoms with Crippen LogP contribution >= 0.6 is 12.6 Å². The van der Waals surface area contributed by atoms with Crippen molar-refractivity contribution >= 4 is 77.7 Å². The molecule has 0 spiro atoms. The highest BCUT2D eigenvalue weighted by Gasteiger charge is 2.36. The maximum absolute atomic E-state index is 14.1. The van der Waals surface area contributed by atoms with Crippen LogP contribution in [0.3, 0.4) is 0 Å². The maximum atomic E-state index is 14.1. The number of amides is 10. The van der Waals surface area contributed by atoms with Gasteiger partial charge in [0.2, 0.25) is 59.1 Å². The van der Waals surface area contributed by atoms with Crippen molar-refractivity contribution in [2.45, 2.75) is 173 Å². The fourth-order valence-electron chi connectivity index (χ4n) is 7.75. The normalized spacial score (nSPS) is 15.0. The summed E-state index contributed by atoms with van der Waals surface area (Å²) in [6.45, 7) is 11.6. The summed E-state index contributed by atoms with van der Waals surface area (Å²) in [6, 6.07) is -5.59. The number of hydrogen-bond donors (Lipinski definition) is 16. The molecule has 0 heterocycles. The number of rotatable bonds is 38. The molecule has 0 aliphatic carbocycles. The van der Waals surface area contributed by atoms with Gasteiger partial charge in [-0.05, 0) is 107 Å². The Labute approximate surface area is 462 Å². The van der Waals surface area contributed by atoms with Crippen LogP contribution in [-0.4, -0.2) is 155 Å². The Morgan fingerprint density at radius 1 is 0.564 bits per heavy atom. The Hall–Kier alpha value is -6.58. The minimum atomic E-state index is -1.51. The predicted molar refractivity (Wildman–Crippen MR) is 293 cm³/mol. The van der Waals surface area contributed by atoms with Crippen molar-refractivity contribution in [3.8, 4) is 5.75 Å². The van der Waals surface area contributed by atoms with E-state index in [-0.39, 0.29) is 43.1 Å². The molecule has 0 unspecified atom stereocenters. The SMILES string of the molecule is CC[C@H](C)[C@H](NC(=O)[C@H](CCC(N)=O)NC(=O)[C@@H](NC(=O)[C@H](C)NC(=O)[C@H](Cc1ccc(O)cc1)NC(=O)[C@H](CCCCN)NC(=O)[C@@H](N)CC(C)C)C(C)C)C(=O)N[C@@H](CS)C(=O)N[C@@H](CCCCN)C(=O)NCC(=O)O. The highest BCUT2D eigenvalue weighted by Crippen LogP contribution is 2.15. The van der Waals surface area contributed by atoms with Crippen LogP contribution in [0.2, 0.25) is 0 Å². The summed E-state index contributed by atoms with van der Waals surface area (Å²) in [5.74, 6) is -10.8. The molecule has 0 bridgehead atoms. The van der Waals surface area contributed by atoms with Crippen molar-refractivity contribution in [1.82, 2.24) is 47.9 Å². The van der Waals surface area contributed by atoms with Gasteiger partial charge in [-0.3, -0.25) is 52.7 Å². The largest absolute Gasteiger partial charge is 0.508 e. The molecule has 0 aromatic heterocycles. The van der Waals surface area contributed by atoms with Gasteiger partial charge in [-0.15, -0.1) is 0 Å². The first-order valence-electron chi connectivity index (χ1n) is 26.4. The zero-order chi connectivity index (χ0) is 59.2. The Balaban J connectivity index is 3.39. The summed E-state index contributed by atoms with van der Waals surface area (Å²) >= 11 is 4.22. The number of carbonyl (C=O) groups is 11. The first-order valence-corrected chi connectivity index (χ1v) is 27.1. The van der Waals surface area contributed by atoms with Gasteiger partial charge in [0.15, 0.2) is 0 Å².